The van der Waals surface area contributed by atoms with Gasteiger partial charge in [-0.05, 0) is 42.0 Å². The highest BCUT2D eigenvalue weighted by Gasteiger charge is 2.31. The average molecular weight is 397 g/mol. The molecule has 0 amide bonds. The number of ether oxygens (including phenoxy) is 1. The van der Waals surface area contributed by atoms with Gasteiger partial charge in [0.05, 0.1) is 24.6 Å². The number of methoxy groups -OCH3 is 1. The molecule has 0 bridgehead atoms. The molecule has 0 N–H and O–H groups in total. The number of hydrazone groups is 1. The molecule has 0 radical (unpaired) electrons. The smallest absolute Gasteiger partial charge is 0.124 e. The first kappa shape index (κ1) is 17.9. The molecule has 3 aromatic carbocycles. The van der Waals surface area contributed by atoms with Crippen molar-refractivity contribution in [2.45, 2.75) is 12.5 Å². The second kappa shape index (κ2) is 7.63. The Morgan fingerprint density at radius 3 is 2.44 bits per heavy atom. The van der Waals surface area contributed by atoms with Gasteiger partial charge < -0.3 is 4.74 Å². The number of nitrogens with zero attached hydrogens (tertiary/aromatic N) is 2. The van der Waals surface area contributed by atoms with Gasteiger partial charge in [0.1, 0.15) is 5.75 Å². The van der Waals surface area contributed by atoms with E-state index in [4.69, 9.17) is 33.0 Å². The molecular formula is C22H18Cl2N2O. The average Bonchev–Trinajstić information content (AvgIpc) is 3.14. The SMILES string of the molecule is COc1ccccc1[C@@H]1CC(c2ccc(Cl)cc2)=NN1c1cccc(Cl)c1. The molecule has 0 fully saturated rings. The number of benzene rings is 3. The molecule has 0 aliphatic carbocycles. The lowest BCUT2D eigenvalue weighted by Crippen LogP contribution is -2.19. The third-order valence-corrected chi connectivity index (χ3v) is 5.15. The van der Waals surface area contributed by atoms with E-state index in [9.17, 15) is 0 Å². The second-order valence-corrected chi connectivity index (χ2v) is 7.21. The van der Waals surface area contributed by atoms with Crippen molar-refractivity contribution in [1.29, 1.82) is 0 Å². The highest BCUT2D eigenvalue weighted by molar-refractivity contribution is 6.31. The van der Waals surface area contributed by atoms with Gasteiger partial charge in [0, 0.05) is 22.0 Å². The number of rotatable bonds is 4. The molecule has 0 aromatic heterocycles. The third kappa shape index (κ3) is 3.66. The molecule has 1 atom stereocenters. The Hall–Kier alpha value is -2.49. The fraction of sp³-hybridized carbons (Fsp3) is 0.136. The summed E-state index contributed by atoms with van der Waals surface area (Å²) in [6, 6.07) is 23.6. The van der Waals surface area contributed by atoms with Crippen LogP contribution in [-0.2, 0) is 0 Å². The Kier molecular flexibility index (Phi) is 5.06. The zero-order valence-electron chi connectivity index (χ0n) is 14.8. The van der Waals surface area contributed by atoms with Gasteiger partial charge in [0.25, 0.3) is 0 Å². The first-order valence-corrected chi connectivity index (χ1v) is 9.42. The van der Waals surface area contributed by atoms with Crippen LogP contribution in [0.1, 0.15) is 23.6 Å². The summed E-state index contributed by atoms with van der Waals surface area (Å²) in [7, 11) is 1.69. The summed E-state index contributed by atoms with van der Waals surface area (Å²) < 4.78 is 5.60. The molecule has 0 saturated carbocycles. The van der Waals surface area contributed by atoms with Gasteiger partial charge in [-0.3, -0.25) is 5.01 Å². The van der Waals surface area contributed by atoms with Crippen LogP contribution in [0.25, 0.3) is 0 Å². The lowest BCUT2D eigenvalue weighted by Gasteiger charge is -2.25. The molecule has 3 aromatic rings. The van der Waals surface area contributed by atoms with Gasteiger partial charge in [0.2, 0.25) is 0 Å². The van der Waals surface area contributed by atoms with Gasteiger partial charge in [-0.25, -0.2) is 0 Å². The van der Waals surface area contributed by atoms with Crippen molar-refractivity contribution in [1.82, 2.24) is 0 Å². The molecular weight excluding hydrogens is 379 g/mol. The Labute approximate surface area is 168 Å². The largest absolute Gasteiger partial charge is 0.496 e. The maximum atomic E-state index is 6.23. The van der Waals surface area contributed by atoms with Crippen LogP contribution in [0.3, 0.4) is 0 Å². The van der Waals surface area contributed by atoms with Crippen LogP contribution in [0.4, 0.5) is 5.69 Å². The molecule has 0 saturated heterocycles. The van der Waals surface area contributed by atoms with Crippen molar-refractivity contribution in [2.75, 3.05) is 12.1 Å². The van der Waals surface area contributed by atoms with Crippen molar-refractivity contribution >= 4 is 34.6 Å². The molecule has 1 aliphatic heterocycles. The number of halogens is 2. The van der Waals surface area contributed by atoms with Crippen molar-refractivity contribution < 1.29 is 4.74 Å². The molecule has 0 unspecified atom stereocenters. The zero-order valence-corrected chi connectivity index (χ0v) is 16.3. The van der Waals surface area contributed by atoms with Crippen molar-refractivity contribution in [3.05, 3.63) is 94.0 Å². The molecule has 5 heteroatoms. The summed E-state index contributed by atoms with van der Waals surface area (Å²) in [6.45, 7) is 0. The van der Waals surface area contributed by atoms with Gasteiger partial charge in [-0.1, -0.05) is 59.6 Å². The summed E-state index contributed by atoms with van der Waals surface area (Å²) in [5.41, 5.74) is 4.10. The van der Waals surface area contributed by atoms with Crippen molar-refractivity contribution in [3.8, 4) is 5.75 Å². The molecule has 3 nitrogen and oxygen atoms in total. The van der Waals surface area contributed by atoms with E-state index in [0.29, 0.717) is 10.0 Å². The van der Waals surface area contributed by atoms with Crippen molar-refractivity contribution in [3.63, 3.8) is 0 Å². The number of anilines is 1. The molecule has 1 aliphatic rings. The monoisotopic (exact) mass is 396 g/mol. The van der Waals surface area contributed by atoms with E-state index in [0.717, 1.165) is 34.7 Å². The Morgan fingerprint density at radius 2 is 1.70 bits per heavy atom. The predicted molar refractivity (Wildman–Crippen MR) is 112 cm³/mol. The van der Waals surface area contributed by atoms with Gasteiger partial charge in [0.15, 0.2) is 0 Å². The van der Waals surface area contributed by atoms with E-state index < -0.39 is 0 Å². The van der Waals surface area contributed by atoms with E-state index in [1.165, 1.54) is 0 Å². The lowest BCUT2D eigenvalue weighted by atomic mass is 9.97. The van der Waals surface area contributed by atoms with Crippen LogP contribution in [-0.4, -0.2) is 12.8 Å². The van der Waals surface area contributed by atoms with Crippen LogP contribution in [0, 0.1) is 0 Å². The summed E-state index contributed by atoms with van der Waals surface area (Å²) in [5, 5.41) is 8.34. The van der Waals surface area contributed by atoms with Crippen LogP contribution in [0.5, 0.6) is 5.75 Å². The summed E-state index contributed by atoms with van der Waals surface area (Å²) in [4.78, 5) is 0. The Bertz CT molecular complexity index is 986. The van der Waals surface area contributed by atoms with Gasteiger partial charge in [-0.15, -0.1) is 0 Å². The summed E-state index contributed by atoms with van der Waals surface area (Å²) in [6.07, 6.45) is 0.758. The zero-order chi connectivity index (χ0) is 18.8. The minimum Gasteiger partial charge on any atom is -0.496 e. The number of hydrogen-bond acceptors (Lipinski definition) is 3. The summed E-state index contributed by atoms with van der Waals surface area (Å²) >= 11 is 12.3. The van der Waals surface area contributed by atoms with Crippen LogP contribution >= 0.6 is 23.2 Å². The van der Waals surface area contributed by atoms with Crippen molar-refractivity contribution in [2.24, 2.45) is 5.10 Å². The van der Waals surface area contributed by atoms with E-state index in [1.54, 1.807) is 7.11 Å². The first-order valence-electron chi connectivity index (χ1n) is 8.67. The highest BCUT2D eigenvalue weighted by atomic mass is 35.5. The standard InChI is InChI=1S/C22H18Cl2N2O/c1-27-22-8-3-2-7-19(22)21-14-20(15-9-11-16(23)12-10-15)25-26(21)18-6-4-5-17(24)13-18/h2-13,21H,14H2,1H3/t21-/m0/s1. The van der Waals surface area contributed by atoms with Crippen LogP contribution < -0.4 is 9.75 Å². The van der Waals surface area contributed by atoms with Crippen LogP contribution in [0.2, 0.25) is 10.0 Å². The Morgan fingerprint density at radius 1 is 0.926 bits per heavy atom. The maximum absolute atomic E-state index is 6.23. The quantitative estimate of drug-likeness (QED) is 0.512. The fourth-order valence-corrected chi connectivity index (χ4v) is 3.68. The molecule has 0 spiro atoms. The normalized spacial score (nSPS) is 16.3. The molecule has 4 rings (SSSR count). The molecule has 27 heavy (non-hydrogen) atoms. The highest BCUT2D eigenvalue weighted by Crippen LogP contribution is 2.40. The minimum atomic E-state index is 0.0188. The second-order valence-electron chi connectivity index (χ2n) is 6.34. The van der Waals surface area contributed by atoms with E-state index >= 15 is 0 Å². The van der Waals surface area contributed by atoms with Gasteiger partial charge >= 0.3 is 0 Å². The van der Waals surface area contributed by atoms with Gasteiger partial charge in [-0.2, -0.15) is 5.10 Å². The molecule has 1 heterocycles. The predicted octanol–water partition coefficient (Wildman–Crippen LogP) is 6.36. The number of hydrogen-bond donors (Lipinski definition) is 0. The summed E-state index contributed by atoms with van der Waals surface area (Å²) in [5.74, 6) is 0.849. The fourth-order valence-electron chi connectivity index (χ4n) is 3.37. The molecule has 136 valence electrons. The third-order valence-electron chi connectivity index (χ3n) is 4.66. The first-order chi connectivity index (χ1) is 13.2. The lowest BCUT2D eigenvalue weighted by molar-refractivity contribution is 0.405. The van der Waals surface area contributed by atoms with E-state index in [-0.39, 0.29) is 6.04 Å². The van der Waals surface area contributed by atoms with E-state index in [2.05, 4.69) is 6.07 Å². The maximum Gasteiger partial charge on any atom is 0.124 e. The number of para-hydroxylation sites is 1. The topological polar surface area (TPSA) is 24.8 Å². The van der Waals surface area contributed by atoms with E-state index in [1.807, 2.05) is 71.7 Å². The Balaban J connectivity index is 1.79. The van der Waals surface area contributed by atoms with Crippen LogP contribution in [0.15, 0.2) is 77.9 Å². The minimum absolute atomic E-state index is 0.0188.